The molecule has 7 atom stereocenters. The number of rotatable bonds is 42. The molecule has 3 unspecified atom stereocenters. The average Bonchev–Trinajstić information content (AvgIpc) is 0.960. The molecule has 8 saturated heterocycles. The van der Waals surface area contributed by atoms with Crippen LogP contribution in [0, 0.1) is 5.41 Å². The minimum atomic E-state index is -0.102. The van der Waals surface area contributed by atoms with E-state index in [9.17, 15) is 15.3 Å². The van der Waals surface area contributed by atoms with E-state index in [0.29, 0.717) is 78.7 Å². The van der Waals surface area contributed by atoms with Gasteiger partial charge in [0.15, 0.2) is 0 Å². The summed E-state index contributed by atoms with van der Waals surface area (Å²) < 4.78 is 55.4. The summed E-state index contributed by atoms with van der Waals surface area (Å²) in [7, 11) is 0. The number of aliphatic hydroxyl groups excluding tert-OH is 3. The third-order valence-electron chi connectivity index (χ3n) is 21.4. The monoisotopic (exact) mass is 1650 g/mol. The van der Waals surface area contributed by atoms with Crippen LogP contribution in [0.3, 0.4) is 0 Å². The topological polar surface area (TPSA) is 179 Å². The molecule has 0 aromatic rings. The Bertz CT molecular complexity index is 1890. The van der Waals surface area contributed by atoms with Crippen LogP contribution in [0.15, 0.2) is 0 Å². The maximum atomic E-state index is 9.45. The first-order chi connectivity index (χ1) is 54.8. The Morgan fingerprint density at radius 3 is 0.722 bits per heavy atom. The van der Waals surface area contributed by atoms with Gasteiger partial charge in [0.1, 0.15) is 0 Å². The van der Waals surface area contributed by atoms with Crippen LogP contribution in [0.1, 0.15) is 306 Å². The SMILES string of the molecule is CC(C)OCCCCN1CCCCC1.CC(C)OCCCCN1CCCCC1.CC(C)OCCCN1CC(C)OC(C)C1.CC(C)OCCCN1CCCC(C)(C)C1.CC(C)OCCCN1CCCC(O)C1.CC(C)OCCCN1CCC[C@@H](O)C1.CC(C)OCCCN1CCC[C@H](O)C1.CC(C)OCCCN1C[C@@H](C)O[C@@H](C)C1. The number of nitrogens with zero attached hydrogens (tertiary/aromatic N) is 8. The van der Waals surface area contributed by atoms with Crippen molar-refractivity contribution in [3.63, 3.8) is 0 Å². The third-order valence-corrected chi connectivity index (χ3v) is 21.4. The molecular weight excluding hydrogens is 1450 g/mol. The van der Waals surface area contributed by atoms with Gasteiger partial charge in [0.25, 0.3) is 0 Å². The van der Waals surface area contributed by atoms with Gasteiger partial charge in [0.05, 0.1) is 91.6 Å². The van der Waals surface area contributed by atoms with Crippen molar-refractivity contribution in [1.29, 1.82) is 0 Å². The number of unbranched alkanes of at least 4 members (excludes halogenated alkanes) is 2. The van der Waals surface area contributed by atoms with Gasteiger partial charge in [-0.15, -0.1) is 0 Å². The van der Waals surface area contributed by atoms with E-state index in [1.165, 1.54) is 142 Å². The first kappa shape index (κ1) is 112. The second-order valence-corrected chi connectivity index (χ2v) is 37.6. The van der Waals surface area contributed by atoms with Gasteiger partial charge in [-0.25, -0.2) is 0 Å². The van der Waals surface area contributed by atoms with Gasteiger partial charge in [-0.3, -0.25) is 9.80 Å². The zero-order valence-electron chi connectivity index (χ0n) is 79.8. The fourth-order valence-corrected chi connectivity index (χ4v) is 15.9. The quantitative estimate of drug-likeness (QED) is 0.0491. The van der Waals surface area contributed by atoms with Gasteiger partial charge in [0, 0.05) is 144 Å². The van der Waals surface area contributed by atoms with E-state index >= 15 is 0 Å². The van der Waals surface area contributed by atoms with Crippen molar-refractivity contribution in [2.75, 3.05) is 210 Å². The Morgan fingerprint density at radius 2 is 0.478 bits per heavy atom. The van der Waals surface area contributed by atoms with E-state index in [0.717, 1.165) is 222 Å². The Labute approximate surface area is 711 Å². The summed E-state index contributed by atoms with van der Waals surface area (Å²) in [5.74, 6) is 0. The Morgan fingerprint density at radius 1 is 0.261 bits per heavy atom. The summed E-state index contributed by atoms with van der Waals surface area (Å²) in [6.07, 6.45) is 33.3. The van der Waals surface area contributed by atoms with Crippen LogP contribution >= 0.6 is 0 Å². The highest BCUT2D eigenvalue weighted by Crippen LogP contribution is 2.28. The second-order valence-electron chi connectivity index (χ2n) is 37.6. The second kappa shape index (κ2) is 72.5. The lowest BCUT2D eigenvalue weighted by atomic mass is 9.84. The van der Waals surface area contributed by atoms with Crippen LogP contribution < -0.4 is 0 Å². The van der Waals surface area contributed by atoms with Crippen molar-refractivity contribution in [3.05, 3.63) is 0 Å². The lowest BCUT2D eigenvalue weighted by Gasteiger charge is -2.38. The zero-order valence-corrected chi connectivity index (χ0v) is 79.8. The molecule has 0 bridgehead atoms. The summed E-state index contributed by atoms with van der Waals surface area (Å²) in [5, 5.41) is 28.4. The Hall–Kier alpha value is -0.840. The molecule has 3 N–H and O–H groups in total. The van der Waals surface area contributed by atoms with E-state index in [2.05, 4.69) is 192 Å². The van der Waals surface area contributed by atoms with E-state index in [1.54, 1.807) is 0 Å². The molecule has 0 radical (unpaired) electrons. The maximum Gasteiger partial charge on any atom is 0.0678 e. The molecule has 0 amide bonds. The van der Waals surface area contributed by atoms with Gasteiger partial charge in [-0.2, -0.15) is 0 Å². The normalized spacial score (nSPS) is 23.9. The van der Waals surface area contributed by atoms with E-state index in [4.69, 9.17) is 47.4 Å². The standard InChI is InChI=1S/C13H27NO.2C12H25NO2.2C12H25NO.3C11H23NO2/c1-12(2)15-10-6-9-14-8-5-7-13(3,4)11-14;2*1-10(2)14-7-5-6-13-8-11(3)15-12(4)9-13;2*1-12(2)14-11-7-6-10-13-8-4-3-5-9-13;3*1-10(2)14-8-4-7-12-6-3-5-11(13)9-12/h12H,5-11H2,1-4H3;2*10-12H,5-9H2,1-4H3;2*12H,3-11H2,1-2H3;3*10-11,13H,3-9H2,1-2H3/t;11-,12+;;;;2*11-;/m.....10./s1. The van der Waals surface area contributed by atoms with Crippen LogP contribution in [-0.4, -0.2) is 356 Å². The van der Waals surface area contributed by atoms with Crippen molar-refractivity contribution >= 4 is 0 Å². The highest BCUT2D eigenvalue weighted by atomic mass is 16.5. The lowest BCUT2D eigenvalue weighted by molar-refractivity contribution is -0.0700. The van der Waals surface area contributed by atoms with Gasteiger partial charge in [0.2, 0.25) is 0 Å². The average molecular weight is 1650 g/mol. The number of β-amino-alcohol motifs (C(OH)–C–C–N with tert-alkyl or cyclic N) is 3. The highest BCUT2D eigenvalue weighted by molar-refractivity contribution is 4.81. The number of hydrogen-bond donors (Lipinski definition) is 3. The number of likely N-dealkylation sites (tertiary alicyclic amines) is 6. The molecule has 690 valence electrons. The molecule has 21 heteroatoms. The first-order valence-corrected chi connectivity index (χ1v) is 47.8. The number of aliphatic hydroxyl groups is 3. The van der Waals surface area contributed by atoms with E-state index < -0.39 is 0 Å². The molecule has 0 aliphatic carbocycles. The number of hydrogen-bond acceptors (Lipinski definition) is 21. The van der Waals surface area contributed by atoms with Crippen molar-refractivity contribution < 1.29 is 62.7 Å². The molecule has 0 spiro atoms. The molecule has 115 heavy (non-hydrogen) atoms. The van der Waals surface area contributed by atoms with Gasteiger partial charge >= 0.3 is 0 Å². The third kappa shape index (κ3) is 72.2. The predicted molar refractivity (Wildman–Crippen MR) is 483 cm³/mol. The summed E-state index contributed by atoms with van der Waals surface area (Å²) in [6.45, 7) is 80.9. The minimum absolute atomic E-state index is 0.102. The molecule has 8 aliphatic rings. The number of ether oxygens (including phenoxy) is 10. The highest BCUT2D eigenvalue weighted by Gasteiger charge is 2.27. The molecular formula is C94H196N8O13. The van der Waals surface area contributed by atoms with Crippen LogP contribution in [0.2, 0.25) is 0 Å². The van der Waals surface area contributed by atoms with Crippen molar-refractivity contribution in [1.82, 2.24) is 39.2 Å². The molecule has 8 rings (SSSR count). The summed E-state index contributed by atoms with van der Waals surface area (Å²) in [6, 6.07) is 0. The van der Waals surface area contributed by atoms with Crippen molar-refractivity contribution in [2.24, 2.45) is 5.41 Å². The molecule has 0 saturated carbocycles. The van der Waals surface area contributed by atoms with Crippen LogP contribution in [0.4, 0.5) is 0 Å². The lowest BCUT2D eigenvalue weighted by Crippen LogP contribution is -2.45. The van der Waals surface area contributed by atoms with Gasteiger partial charge in [-0.1, -0.05) is 26.7 Å². The van der Waals surface area contributed by atoms with E-state index in [1.807, 2.05) is 0 Å². The molecule has 21 nitrogen and oxygen atoms in total. The molecule has 8 aliphatic heterocycles. The minimum Gasteiger partial charge on any atom is -0.392 e. The molecule has 0 aromatic carbocycles. The van der Waals surface area contributed by atoms with Crippen LogP contribution in [0.5, 0.6) is 0 Å². The predicted octanol–water partition coefficient (Wildman–Crippen LogP) is 15.9. The Balaban J connectivity index is 0.000000657. The molecule has 8 heterocycles. The summed E-state index contributed by atoms with van der Waals surface area (Å²) >= 11 is 0. The Kier molecular flexibility index (Phi) is 70.7. The fourth-order valence-electron chi connectivity index (χ4n) is 15.9. The maximum absolute atomic E-state index is 9.45. The molecule has 8 fully saturated rings. The zero-order chi connectivity index (χ0) is 85.4. The number of morpholine rings is 2. The summed E-state index contributed by atoms with van der Waals surface area (Å²) in [5.41, 5.74) is 0.525. The molecule has 0 aromatic heterocycles. The smallest absolute Gasteiger partial charge is 0.0678 e. The van der Waals surface area contributed by atoms with Crippen LogP contribution in [0.25, 0.3) is 0 Å². The van der Waals surface area contributed by atoms with Crippen molar-refractivity contribution in [2.45, 2.75) is 398 Å². The van der Waals surface area contributed by atoms with Crippen molar-refractivity contribution in [3.8, 4) is 0 Å². The van der Waals surface area contributed by atoms with Gasteiger partial charge < -0.3 is 92.1 Å². The largest absolute Gasteiger partial charge is 0.392 e. The van der Waals surface area contributed by atoms with E-state index in [-0.39, 0.29) is 18.3 Å². The van der Waals surface area contributed by atoms with Crippen LogP contribution in [-0.2, 0) is 47.4 Å². The summed E-state index contributed by atoms with van der Waals surface area (Å²) in [4.78, 5) is 19.7. The van der Waals surface area contributed by atoms with Gasteiger partial charge in [-0.05, 0) is 351 Å². The first-order valence-electron chi connectivity index (χ1n) is 47.8. The fraction of sp³-hybridized carbons (Fsp3) is 1.00. The number of piperidine rings is 6.